The average molecular weight is 1020 g/mol. The first-order chi connectivity index (χ1) is 35.7. The second-order valence-corrected chi connectivity index (χ2v) is 21.3. The van der Waals surface area contributed by atoms with Crippen molar-refractivity contribution in [2.45, 2.75) is 134 Å². The van der Waals surface area contributed by atoms with Crippen molar-refractivity contribution in [3.63, 3.8) is 0 Å². The first-order valence-electron chi connectivity index (χ1n) is 26.5. The molecule has 2 heterocycles. The zero-order valence-electron chi connectivity index (χ0n) is 43.2. The van der Waals surface area contributed by atoms with Gasteiger partial charge >= 0.3 is 11.9 Å². The van der Waals surface area contributed by atoms with E-state index in [4.69, 9.17) is 18.9 Å². The quantitative estimate of drug-likeness (QED) is 0.0238. The summed E-state index contributed by atoms with van der Waals surface area (Å²) >= 11 is 3.68. The number of ether oxygens (including phenoxy) is 4. The molecule has 382 valence electrons. The first-order valence-corrected chi connectivity index (χ1v) is 28.1. The van der Waals surface area contributed by atoms with Crippen molar-refractivity contribution in [1.29, 1.82) is 0 Å². The standard InChI is InChI=1S/C65H74O6S2/c1-7-19-53(20-8-2)70-63(66)23-15-13-17-43-68-51-31-25-47(26-32-51)59-37-39-61(72-59)49-29-35-55-56-36-30-50(46-58(56)65(41-11-5,42-12-6)57(55)45-49)62-40-38-60(73-62)48-27-33-52(34-28-48)69-44-18-14-16-24-64(67)71-54(21-9-3)22-10-4/h7-10,25-40,45-46,53-54H,1-4,11-24,41-44H2,5-6H3. The van der Waals surface area contributed by atoms with Crippen LogP contribution in [0.2, 0.25) is 0 Å². The molecule has 4 aromatic carbocycles. The van der Waals surface area contributed by atoms with Gasteiger partial charge in [-0.15, -0.1) is 49.0 Å². The molecule has 1 aliphatic carbocycles. The van der Waals surface area contributed by atoms with Gasteiger partial charge in [0.2, 0.25) is 0 Å². The molecule has 7 rings (SSSR count). The highest BCUT2D eigenvalue weighted by atomic mass is 32.1. The summed E-state index contributed by atoms with van der Waals surface area (Å²) < 4.78 is 23.3. The van der Waals surface area contributed by atoms with Gasteiger partial charge in [-0.3, -0.25) is 9.59 Å². The molecule has 0 fully saturated rings. The fourth-order valence-corrected chi connectivity index (χ4v) is 12.2. The summed E-state index contributed by atoms with van der Waals surface area (Å²) in [7, 11) is 0. The number of benzene rings is 4. The second-order valence-electron chi connectivity index (χ2n) is 19.1. The molecule has 2 aromatic heterocycles. The molecule has 0 radical (unpaired) electrons. The third-order valence-corrected chi connectivity index (χ3v) is 16.0. The number of thiophene rings is 2. The summed E-state index contributed by atoms with van der Waals surface area (Å²) in [5.74, 6) is 1.39. The van der Waals surface area contributed by atoms with Crippen molar-refractivity contribution in [2.24, 2.45) is 0 Å². The van der Waals surface area contributed by atoms with Crippen LogP contribution in [-0.2, 0) is 24.5 Å². The van der Waals surface area contributed by atoms with Crippen molar-refractivity contribution in [2.75, 3.05) is 13.2 Å². The first kappa shape index (κ1) is 54.6. The largest absolute Gasteiger partial charge is 0.494 e. The van der Waals surface area contributed by atoms with Crippen molar-refractivity contribution >= 4 is 34.6 Å². The molecule has 6 nitrogen and oxygen atoms in total. The van der Waals surface area contributed by atoms with Crippen LogP contribution in [0.3, 0.4) is 0 Å². The van der Waals surface area contributed by atoms with Crippen LogP contribution in [0.1, 0.15) is 128 Å². The summed E-state index contributed by atoms with van der Waals surface area (Å²) in [6.45, 7) is 20.9. The van der Waals surface area contributed by atoms with E-state index in [1.807, 2.05) is 22.7 Å². The maximum Gasteiger partial charge on any atom is 0.306 e. The van der Waals surface area contributed by atoms with Crippen molar-refractivity contribution in [1.82, 2.24) is 0 Å². The van der Waals surface area contributed by atoms with Crippen LogP contribution in [0.4, 0.5) is 0 Å². The predicted octanol–water partition coefficient (Wildman–Crippen LogP) is 18.4. The van der Waals surface area contributed by atoms with Gasteiger partial charge in [-0.2, -0.15) is 0 Å². The van der Waals surface area contributed by atoms with E-state index in [0.717, 1.165) is 75.7 Å². The highest BCUT2D eigenvalue weighted by molar-refractivity contribution is 7.19. The topological polar surface area (TPSA) is 71.1 Å². The molecule has 0 saturated heterocycles. The van der Waals surface area contributed by atoms with E-state index in [-0.39, 0.29) is 29.6 Å². The Morgan fingerprint density at radius 2 is 0.836 bits per heavy atom. The smallest absolute Gasteiger partial charge is 0.306 e. The van der Waals surface area contributed by atoms with Crippen molar-refractivity contribution in [3.8, 4) is 64.4 Å². The lowest BCUT2D eigenvalue weighted by Crippen LogP contribution is -2.25. The van der Waals surface area contributed by atoms with Gasteiger partial charge in [-0.1, -0.05) is 75.3 Å². The predicted molar refractivity (Wildman–Crippen MR) is 307 cm³/mol. The lowest BCUT2D eigenvalue weighted by molar-refractivity contribution is -0.149. The monoisotopic (exact) mass is 1010 g/mol. The normalized spacial score (nSPS) is 12.3. The molecular weight excluding hydrogens is 941 g/mol. The molecular formula is C65H74O6S2. The summed E-state index contributed by atoms with van der Waals surface area (Å²) in [5.41, 5.74) is 10.5. The Hall–Kier alpha value is -6.22. The third kappa shape index (κ3) is 14.5. The summed E-state index contributed by atoms with van der Waals surface area (Å²) in [6, 6.07) is 40.3. The minimum absolute atomic E-state index is 0.0514. The Balaban J connectivity index is 0.941. The minimum Gasteiger partial charge on any atom is -0.494 e. The van der Waals surface area contributed by atoms with E-state index < -0.39 is 0 Å². The molecule has 0 unspecified atom stereocenters. The second kappa shape index (κ2) is 27.7. The molecule has 6 aromatic rings. The Kier molecular flexibility index (Phi) is 20.7. The van der Waals surface area contributed by atoms with Crippen LogP contribution in [0, 0.1) is 0 Å². The zero-order chi connectivity index (χ0) is 51.4. The van der Waals surface area contributed by atoms with Crippen LogP contribution in [0.5, 0.6) is 11.5 Å². The maximum atomic E-state index is 12.3. The SMILES string of the molecule is C=CCC(CC=C)OC(=O)CCCCCOc1ccc(-c2ccc(-c3ccc4c(c3)C(CCC)(CCC)c3cc(-c5ccc(-c6ccc(OCCCCCC(=O)OC(CC=C)CC=C)cc6)s5)ccc3-4)s2)cc1. The number of carbonyl (C=O) groups is 2. The fourth-order valence-electron chi connectivity index (χ4n) is 10.1. The molecule has 0 saturated carbocycles. The maximum absolute atomic E-state index is 12.3. The van der Waals surface area contributed by atoms with E-state index in [0.29, 0.717) is 51.7 Å². The molecule has 0 amide bonds. The van der Waals surface area contributed by atoms with Crippen LogP contribution in [0.25, 0.3) is 52.9 Å². The summed E-state index contributed by atoms with van der Waals surface area (Å²) in [4.78, 5) is 29.5. The van der Waals surface area contributed by atoms with Crippen LogP contribution in [-0.4, -0.2) is 37.4 Å². The Morgan fingerprint density at radius 3 is 1.19 bits per heavy atom. The minimum atomic E-state index is -0.169. The number of hydrogen-bond donors (Lipinski definition) is 0. The summed E-state index contributed by atoms with van der Waals surface area (Å²) in [6.07, 6.45) is 19.7. The third-order valence-electron chi connectivity index (χ3n) is 13.7. The molecule has 73 heavy (non-hydrogen) atoms. The van der Waals surface area contributed by atoms with E-state index in [1.54, 1.807) is 24.3 Å². The zero-order valence-corrected chi connectivity index (χ0v) is 44.8. The molecule has 1 aliphatic rings. The van der Waals surface area contributed by atoms with E-state index >= 15 is 0 Å². The molecule has 0 atom stereocenters. The van der Waals surface area contributed by atoms with E-state index in [9.17, 15) is 9.59 Å². The number of hydrogen-bond acceptors (Lipinski definition) is 8. The molecule has 0 spiro atoms. The van der Waals surface area contributed by atoms with Gasteiger partial charge in [0.1, 0.15) is 23.7 Å². The number of carbonyl (C=O) groups excluding carboxylic acids is 2. The lowest BCUT2D eigenvalue weighted by atomic mass is 9.71. The van der Waals surface area contributed by atoms with Crippen molar-refractivity contribution < 1.29 is 28.5 Å². The van der Waals surface area contributed by atoms with Gasteiger partial charge in [-0.05, 0) is 181 Å². The van der Waals surface area contributed by atoms with Gasteiger partial charge in [0.15, 0.2) is 0 Å². The highest BCUT2D eigenvalue weighted by Gasteiger charge is 2.42. The van der Waals surface area contributed by atoms with Gasteiger partial charge in [0.25, 0.3) is 0 Å². The summed E-state index contributed by atoms with van der Waals surface area (Å²) in [5, 5.41) is 0. The fraction of sp³-hybridized carbons (Fsp3) is 0.354. The van der Waals surface area contributed by atoms with Crippen molar-refractivity contribution in [3.05, 3.63) is 171 Å². The Labute approximate surface area is 443 Å². The molecule has 0 N–H and O–H groups in total. The highest BCUT2D eigenvalue weighted by Crippen LogP contribution is 2.56. The Morgan fingerprint density at radius 1 is 0.479 bits per heavy atom. The van der Waals surface area contributed by atoms with Crippen LogP contribution < -0.4 is 9.47 Å². The number of rotatable bonds is 32. The number of esters is 2. The number of fused-ring (bicyclic) bond motifs is 3. The average Bonchev–Trinajstić information content (AvgIpc) is 4.16. The molecule has 0 aliphatic heterocycles. The van der Waals surface area contributed by atoms with Gasteiger partial charge in [0, 0.05) is 63.4 Å². The Bertz CT molecular complexity index is 2550. The van der Waals surface area contributed by atoms with E-state index in [2.05, 4.69) is 149 Å². The van der Waals surface area contributed by atoms with Crippen LogP contribution in [0.15, 0.2) is 160 Å². The molecule has 0 bridgehead atoms. The van der Waals surface area contributed by atoms with Gasteiger partial charge in [0.05, 0.1) is 13.2 Å². The van der Waals surface area contributed by atoms with Gasteiger partial charge in [-0.25, -0.2) is 0 Å². The number of unbranched alkanes of at least 4 members (excludes halogenated alkanes) is 4. The van der Waals surface area contributed by atoms with E-state index in [1.165, 1.54) is 64.0 Å². The lowest BCUT2D eigenvalue weighted by Gasteiger charge is -2.32. The van der Waals surface area contributed by atoms with Gasteiger partial charge < -0.3 is 18.9 Å². The molecule has 8 heteroatoms. The van der Waals surface area contributed by atoms with Crippen LogP contribution >= 0.6 is 22.7 Å².